The third-order valence-corrected chi connectivity index (χ3v) is 1.90. The Balaban J connectivity index is 3.16. The maximum absolute atomic E-state index is 10.5. The molecule has 0 atom stereocenters. The van der Waals surface area contributed by atoms with Gasteiger partial charge >= 0.3 is 5.69 Å². The monoisotopic (exact) mass is 234 g/mol. The predicted molar refractivity (Wildman–Crippen MR) is 47.4 cm³/mol. The second-order valence-electron chi connectivity index (χ2n) is 2.03. The molecular formula is C5H7BrN4O2. The van der Waals surface area contributed by atoms with E-state index in [1.807, 2.05) is 0 Å². The lowest BCUT2D eigenvalue weighted by Crippen LogP contribution is -1.95. The molecule has 0 aliphatic heterocycles. The van der Waals surface area contributed by atoms with Gasteiger partial charge in [0.05, 0.1) is 10.3 Å². The van der Waals surface area contributed by atoms with E-state index < -0.39 is 4.92 Å². The minimum absolute atomic E-state index is 0.00521. The largest absolute Gasteiger partial charge is 0.368 e. The molecule has 0 saturated heterocycles. The number of aromatic amines is 1. The van der Waals surface area contributed by atoms with Crippen LogP contribution in [0.25, 0.3) is 0 Å². The van der Waals surface area contributed by atoms with Gasteiger partial charge in [-0.1, -0.05) is 15.9 Å². The second-order valence-corrected chi connectivity index (χ2v) is 2.60. The highest BCUT2D eigenvalue weighted by molar-refractivity contribution is 9.08. The lowest BCUT2D eigenvalue weighted by atomic mass is 10.4. The van der Waals surface area contributed by atoms with Crippen LogP contribution in [-0.4, -0.2) is 22.2 Å². The van der Waals surface area contributed by atoms with E-state index in [1.165, 1.54) is 0 Å². The van der Waals surface area contributed by atoms with Gasteiger partial charge < -0.3 is 5.32 Å². The minimum Gasteiger partial charge on any atom is -0.368 e. The summed E-state index contributed by atoms with van der Waals surface area (Å²) in [5, 5.41) is 19.8. The molecule has 0 aliphatic carbocycles. The molecule has 0 amide bonds. The molecule has 0 aromatic carbocycles. The van der Waals surface area contributed by atoms with Crippen molar-refractivity contribution in [3.05, 3.63) is 15.8 Å². The summed E-state index contributed by atoms with van der Waals surface area (Å²) in [6, 6.07) is 0. The number of rotatable bonds is 3. The molecule has 0 spiro atoms. The van der Waals surface area contributed by atoms with E-state index in [2.05, 4.69) is 31.4 Å². The number of hydrogen-bond acceptors (Lipinski definition) is 4. The van der Waals surface area contributed by atoms with Crippen LogP contribution in [0, 0.1) is 10.1 Å². The summed E-state index contributed by atoms with van der Waals surface area (Å²) in [6.45, 7) is 0. The number of aromatic nitrogens is 2. The van der Waals surface area contributed by atoms with Crippen LogP contribution in [0.3, 0.4) is 0 Å². The predicted octanol–water partition coefficient (Wildman–Crippen LogP) is 1.25. The van der Waals surface area contributed by atoms with E-state index in [0.29, 0.717) is 16.8 Å². The number of nitro groups is 1. The Bertz CT molecular complexity index is 276. The first kappa shape index (κ1) is 8.98. The SMILES string of the molecule is CNc1[nH]nc(CBr)c1[N+](=O)[O-]. The molecule has 1 rings (SSSR count). The quantitative estimate of drug-likeness (QED) is 0.469. The number of alkyl halides is 1. The van der Waals surface area contributed by atoms with Crippen molar-refractivity contribution in [3.8, 4) is 0 Å². The van der Waals surface area contributed by atoms with Crippen molar-refractivity contribution >= 4 is 27.4 Å². The Morgan fingerprint density at radius 3 is 2.92 bits per heavy atom. The van der Waals surface area contributed by atoms with Crippen molar-refractivity contribution in [1.82, 2.24) is 10.2 Å². The summed E-state index contributed by atoms with van der Waals surface area (Å²) in [7, 11) is 1.60. The third-order valence-electron chi connectivity index (χ3n) is 1.37. The van der Waals surface area contributed by atoms with Crippen molar-refractivity contribution in [2.75, 3.05) is 12.4 Å². The topological polar surface area (TPSA) is 83.8 Å². The van der Waals surface area contributed by atoms with E-state index in [0.717, 1.165) is 0 Å². The second kappa shape index (κ2) is 3.53. The van der Waals surface area contributed by atoms with Gasteiger partial charge in [-0.15, -0.1) is 0 Å². The van der Waals surface area contributed by atoms with E-state index in [9.17, 15) is 10.1 Å². The zero-order chi connectivity index (χ0) is 9.14. The number of halogens is 1. The van der Waals surface area contributed by atoms with Crippen LogP contribution in [0.5, 0.6) is 0 Å². The Kier molecular flexibility index (Phi) is 2.64. The molecule has 12 heavy (non-hydrogen) atoms. The first-order valence-electron chi connectivity index (χ1n) is 3.16. The fourth-order valence-corrected chi connectivity index (χ4v) is 1.23. The highest BCUT2D eigenvalue weighted by Gasteiger charge is 2.22. The fourth-order valence-electron chi connectivity index (χ4n) is 0.838. The molecule has 0 saturated carbocycles. The molecule has 0 bridgehead atoms. The van der Waals surface area contributed by atoms with Crippen molar-refractivity contribution < 1.29 is 4.92 Å². The highest BCUT2D eigenvalue weighted by atomic mass is 79.9. The van der Waals surface area contributed by atoms with Gasteiger partial charge in [-0.2, -0.15) is 5.10 Å². The van der Waals surface area contributed by atoms with Gasteiger partial charge in [0.15, 0.2) is 5.69 Å². The fraction of sp³-hybridized carbons (Fsp3) is 0.400. The molecule has 1 aromatic heterocycles. The van der Waals surface area contributed by atoms with Crippen molar-refractivity contribution in [2.45, 2.75) is 5.33 Å². The molecule has 7 heteroatoms. The van der Waals surface area contributed by atoms with Crippen LogP contribution in [0.4, 0.5) is 11.5 Å². The number of nitrogens with zero attached hydrogens (tertiary/aromatic N) is 2. The molecule has 1 aromatic rings. The zero-order valence-electron chi connectivity index (χ0n) is 6.30. The van der Waals surface area contributed by atoms with Crippen LogP contribution in [0.15, 0.2) is 0 Å². The van der Waals surface area contributed by atoms with Crippen LogP contribution in [0.2, 0.25) is 0 Å². The molecule has 1 heterocycles. The van der Waals surface area contributed by atoms with Crippen molar-refractivity contribution in [3.63, 3.8) is 0 Å². The van der Waals surface area contributed by atoms with Crippen LogP contribution in [0.1, 0.15) is 5.69 Å². The van der Waals surface area contributed by atoms with Crippen LogP contribution < -0.4 is 5.32 Å². The lowest BCUT2D eigenvalue weighted by molar-refractivity contribution is -0.384. The molecule has 0 unspecified atom stereocenters. The summed E-state index contributed by atoms with van der Waals surface area (Å²) in [6.07, 6.45) is 0. The molecule has 0 radical (unpaired) electrons. The van der Waals surface area contributed by atoms with E-state index in [4.69, 9.17) is 0 Å². The van der Waals surface area contributed by atoms with E-state index >= 15 is 0 Å². The molecule has 0 aliphatic rings. The molecule has 0 fully saturated rings. The highest BCUT2D eigenvalue weighted by Crippen LogP contribution is 2.26. The van der Waals surface area contributed by atoms with Crippen molar-refractivity contribution in [1.29, 1.82) is 0 Å². The maximum Gasteiger partial charge on any atom is 0.334 e. The van der Waals surface area contributed by atoms with Gasteiger partial charge in [0, 0.05) is 7.05 Å². The van der Waals surface area contributed by atoms with Crippen LogP contribution >= 0.6 is 15.9 Å². The van der Waals surface area contributed by atoms with Gasteiger partial charge in [-0.3, -0.25) is 15.2 Å². The average Bonchev–Trinajstić information content (AvgIpc) is 2.46. The Morgan fingerprint density at radius 1 is 1.83 bits per heavy atom. The first-order chi connectivity index (χ1) is 5.70. The average molecular weight is 235 g/mol. The zero-order valence-corrected chi connectivity index (χ0v) is 7.88. The normalized spacial score (nSPS) is 9.83. The van der Waals surface area contributed by atoms with Gasteiger partial charge in [-0.25, -0.2) is 0 Å². The van der Waals surface area contributed by atoms with E-state index in [-0.39, 0.29) is 5.69 Å². The van der Waals surface area contributed by atoms with Gasteiger partial charge in [0.25, 0.3) is 0 Å². The smallest absolute Gasteiger partial charge is 0.334 e. The molecule has 6 nitrogen and oxygen atoms in total. The Morgan fingerprint density at radius 2 is 2.50 bits per heavy atom. The number of hydrogen-bond donors (Lipinski definition) is 2. The molecule has 66 valence electrons. The third kappa shape index (κ3) is 1.40. The minimum atomic E-state index is -0.466. The summed E-state index contributed by atoms with van der Waals surface area (Å²) >= 11 is 3.10. The van der Waals surface area contributed by atoms with Crippen LogP contribution in [-0.2, 0) is 5.33 Å². The van der Waals surface area contributed by atoms with E-state index in [1.54, 1.807) is 7.05 Å². The first-order valence-corrected chi connectivity index (χ1v) is 4.28. The number of H-pyrrole nitrogens is 1. The number of nitrogens with one attached hydrogen (secondary N) is 2. The summed E-state index contributed by atoms with van der Waals surface area (Å²) < 4.78 is 0. The van der Waals surface area contributed by atoms with Gasteiger partial charge in [-0.05, 0) is 0 Å². The molecule has 2 N–H and O–H groups in total. The summed E-state index contributed by atoms with van der Waals surface area (Å²) in [5.41, 5.74) is 0.388. The number of anilines is 1. The Hall–Kier alpha value is -1.11. The van der Waals surface area contributed by atoms with Gasteiger partial charge in [0.1, 0.15) is 0 Å². The summed E-state index contributed by atoms with van der Waals surface area (Å²) in [4.78, 5) is 10.0. The maximum atomic E-state index is 10.5. The molecular weight excluding hydrogens is 228 g/mol. The lowest BCUT2D eigenvalue weighted by Gasteiger charge is -1.93. The van der Waals surface area contributed by atoms with Gasteiger partial charge in [0.2, 0.25) is 5.82 Å². The standard InChI is InChI=1S/C5H7BrN4O2/c1-7-5-4(10(11)12)3(2-6)8-9-5/h2H2,1H3,(H2,7,8,9). The summed E-state index contributed by atoms with van der Waals surface area (Å²) in [5.74, 6) is 0.328. The van der Waals surface area contributed by atoms with Crippen molar-refractivity contribution in [2.24, 2.45) is 0 Å². The Labute approximate surface area is 76.6 Å².